The number of nitrogens with zero attached hydrogens (tertiary/aromatic N) is 3. The summed E-state index contributed by atoms with van der Waals surface area (Å²) >= 11 is 0. The molecule has 2 heterocycles. The number of Topliss-reactive ketones (excluding diaryl/α,β-unsaturated/α-hetero) is 1. The number of fused-ring (bicyclic) bond motifs is 1. The Balaban J connectivity index is 2.68. The summed E-state index contributed by atoms with van der Waals surface area (Å²) in [5.74, 6) is 0.534. The molecule has 14 heavy (non-hydrogen) atoms. The van der Waals surface area contributed by atoms with Crippen LogP contribution in [0.4, 0.5) is 0 Å². The largest absolute Gasteiger partial charge is 0.323 e. The third-order valence-corrected chi connectivity index (χ3v) is 2.23. The molecule has 0 amide bonds. The fourth-order valence-electron chi connectivity index (χ4n) is 1.43. The van der Waals surface area contributed by atoms with Crippen LogP contribution < -0.4 is 0 Å². The van der Waals surface area contributed by atoms with Gasteiger partial charge in [-0.1, -0.05) is 6.92 Å². The molecule has 0 aliphatic heterocycles. The van der Waals surface area contributed by atoms with E-state index in [1.54, 1.807) is 10.8 Å². The molecule has 2 rings (SSSR count). The van der Waals surface area contributed by atoms with Gasteiger partial charge in [-0.3, -0.25) is 4.79 Å². The van der Waals surface area contributed by atoms with Crippen molar-refractivity contribution in [2.75, 3.05) is 0 Å². The Bertz CT molecular complexity index is 487. The molecular weight excluding hydrogens is 178 g/mol. The van der Waals surface area contributed by atoms with Crippen LogP contribution in [0, 0.1) is 0 Å². The van der Waals surface area contributed by atoms with E-state index in [0.29, 0.717) is 17.9 Å². The van der Waals surface area contributed by atoms with Crippen LogP contribution in [0.15, 0.2) is 18.3 Å². The number of carbonyl (C=O) groups excluding carboxylic acids is 1. The summed E-state index contributed by atoms with van der Waals surface area (Å²) in [4.78, 5) is 19.8. The van der Waals surface area contributed by atoms with Gasteiger partial charge in [0.05, 0.1) is 5.52 Å². The second-order valence-corrected chi connectivity index (χ2v) is 3.12. The topological polar surface area (TPSA) is 47.8 Å². The molecule has 2 aromatic heterocycles. The molecule has 0 aliphatic carbocycles. The van der Waals surface area contributed by atoms with Gasteiger partial charge in [0.1, 0.15) is 0 Å². The SMILES string of the molecule is CCC(=O)c1nc2ncccc2n1C. The van der Waals surface area contributed by atoms with Gasteiger partial charge in [-0.15, -0.1) is 0 Å². The van der Waals surface area contributed by atoms with Crippen LogP contribution in [0.3, 0.4) is 0 Å². The van der Waals surface area contributed by atoms with Gasteiger partial charge in [-0.05, 0) is 12.1 Å². The highest BCUT2D eigenvalue weighted by molar-refractivity contribution is 5.95. The highest BCUT2D eigenvalue weighted by Crippen LogP contribution is 2.12. The minimum Gasteiger partial charge on any atom is -0.323 e. The zero-order chi connectivity index (χ0) is 10.1. The van der Waals surface area contributed by atoms with Crippen molar-refractivity contribution in [3.8, 4) is 0 Å². The predicted molar refractivity (Wildman–Crippen MR) is 53.1 cm³/mol. The summed E-state index contributed by atoms with van der Waals surface area (Å²) in [6, 6.07) is 3.74. The first kappa shape index (κ1) is 8.87. The zero-order valence-electron chi connectivity index (χ0n) is 8.19. The number of carbonyl (C=O) groups is 1. The summed E-state index contributed by atoms with van der Waals surface area (Å²) in [5.41, 5.74) is 1.52. The first-order chi connectivity index (χ1) is 6.74. The normalized spacial score (nSPS) is 10.7. The third-order valence-electron chi connectivity index (χ3n) is 2.23. The maximum absolute atomic E-state index is 11.5. The fourth-order valence-corrected chi connectivity index (χ4v) is 1.43. The summed E-state index contributed by atoms with van der Waals surface area (Å²) in [7, 11) is 1.83. The molecule has 0 spiro atoms. The standard InChI is InChI=1S/C10H11N3O/c1-3-8(14)10-12-9-7(13(10)2)5-4-6-11-9/h4-6H,3H2,1-2H3. The van der Waals surface area contributed by atoms with Crippen LogP contribution in [0.25, 0.3) is 11.2 Å². The van der Waals surface area contributed by atoms with Crippen LogP contribution in [-0.4, -0.2) is 20.3 Å². The fraction of sp³-hybridized carbons (Fsp3) is 0.300. The van der Waals surface area contributed by atoms with E-state index < -0.39 is 0 Å². The Morgan fingerprint density at radius 2 is 2.36 bits per heavy atom. The monoisotopic (exact) mass is 189 g/mol. The summed E-state index contributed by atoms with van der Waals surface area (Å²) < 4.78 is 1.79. The Morgan fingerprint density at radius 1 is 1.57 bits per heavy atom. The van der Waals surface area contributed by atoms with Crippen molar-refractivity contribution in [3.63, 3.8) is 0 Å². The number of aromatic nitrogens is 3. The molecular formula is C10H11N3O. The molecule has 72 valence electrons. The molecule has 0 N–H and O–H groups in total. The smallest absolute Gasteiger partial charge is 0.198 e. The van der Waals surface area contributed by atoms with E-state index >= 15 is 0 Å². The van der Waals surface area contributed by atoms with Crippen LogP contribution in [0.1, 0.15) is 24.0 Å². The lowest BCUT2D eigenvalue weighted by molar-refractivity contribution is 0.0975. The first-order valence-corrected chi connectivity index (χ1v) is 4.54. The van der Waals surface area contributed by atoms with E-state index in [4.69, 9.17) is 0 Å². The van der Waals surface area contributed by atoms with E-state index in [9.17, 15) is 4.79 Å². The van der Waals surface area contributed by atoms with Gasteiger partial charge in [0, 0.05) is 19.7 Å². The molecule has 0 saturated heterocycles. The van der Waals surface area contributed by atoms with E-state index in [1.165, 1.54) is 0 Å². The Morgan fingerprint density at radius 3 is 3.00 bits per heavy atom. The number of rotatable bonds is 2. The number of hydrogen-bond acceptors (Lipinski definition) is 3. The van der Waals surface area contributed by atoms with Crippen molar-refractivity contribution in [1.29, 1.82) is 0 Å². The summed E-state index contributed by atoms with van der Waals surface area (Å²) in [6.07, 6.45) is 2.15. The van der Waals surface area contributed by atoms with Crippen molar-refractivity contribution in [3.05, 3.63) is 24.2 Å². The average Bonchev–Trinajstić information content (AvgIpc) is 2.56. The summed E-state index contributed by atoms with van der Waals surface area (Å²) in [6.45, 7) is 1.83. The van der Waals surface area contributed by atoms with Gasteiger partial charge in [-0.25, -0.2) is 9.97 Å². The van der Waals surface area contributed by atoms with Gasteiger partial charge >= 0.3 is 0 Å². The van der Waals surface area contributed by atoms with E-state index in [-0.39, 0.29) is 5.78 Å². The van der Waals surface area contributed by atoms with Gasteiger partial charge in [0.2, 0.25) is 0 Å². The second kappa shape index (κ2) is 3.21. The zero-order valence-corrected chi connectivity index (χ0v) is 8.19. The molecule has 0 aromatic carbocycles. The maximum atomic E-state index is 11.5. The minimum absolute atomic E-state index is 0.0468. The highest BCUT2D eigenvalue weighted by Gasteiger charge is 2.13. The van der Waals surface area contributed by atoms with Crippen molar-refractivity contribution < 1.29 is 4.79 Å². The number of aryl methyl sites for hydroxylation is 1. The Labute approximate surface area is 81.6 Å². The predicted octanol–water partition coefficient (Wildman–Crippen LogP) is 1.56. The minimum atomic E-state index is 0.0468. The molecule has 0 aliphatic rings. The quantitative estimate of drug-likeness (QED) is 0.673. The van der Waals surface area contributed by atoms with Crippen LogP contribution in [-0.2, 0) is 7.05 Å². The van der Waals surface area contributed by atoms with Crippen molar-refractivity contribution in [1.82, 2.24) is 14.5 Å². The van der Waals surface area contributed by atoms with E-state index in [1.807, 2.05) is 26.1 Å². The highest BCUT2D eigenvalue weighted by atomic mass is 16.1. The summed E-state index contributed by atoms with van der Waals surface area (Å²) in [5, 5.41) is 0. The van der Waals surface area contributed by atoms with Gasteiger partial charge in [-0.2, -0.15) is 0 Å². The second-order valence-electron chi connectivity index (χ2n) is 3.12. The number of hydrogen-bond donors (Lipinski definition) is 0. The lowest BCUT2D eigenvalue weighted by atomic mass is 10.3. The number of imidazole rings is 1. The number of ketones is 1. The lowest BCUT2D eigenvalue weighted by Crippen LogP contribution is -2.05. The van der Waals surface area contributed by atoms with Crippen LogP contribution >= 0.6 is 0 Å². The maximum Gasteiger partial charge on any atom is 0.198 e. The lowest BCUT2D eigenvalue weighted by Gasteiger charge is -1.97. The van der Waals surface area contributed by atoms with Gasteiger partial charge in [0.15, 0.2) is 17.3 Å². The average molecular weight is 189 g/mol. The van der Waals surface area contributed by atoms with Crippen molar-refractivity contribution in [2.45, 2.75) is 13.3 Å². The molecule has 0 bridgehead atoms. The molecule has 2 aromatic rings. The Kier molecular flexibility index (Phi) is 2.04. The molecule has 0 unspecified atom stereocenters. The number of pyridine rings is 1. The van der Waals surface area contributed by atoms with Crippen molar-refractivity contribution >= 4 is 16.9 Å². The van der Waals surface area contributed by atoms with E-state index in [2.05, 4.69) is 9.97 Å². The molecule has 0 saturated carbocycles. The Hall–Kier alpha value is -1.71. The molecule has 4 nitrogen and oxygen atoms in total. The van der Waals surface area contributed by atoms with Crippen LogP contribution in [0.5, 0.6) is 0 Å². The van der Waals surface area contributed by atoms with Crippen LogP contribution in [0.2, 0.25) is 0 Å². The third kappa shape index (κ3) is 1.19. The molecule has 4 heteroatoms. The van der Waals surface area contributed by atoms with E-state index in [0.717, 1.165) is 5.52 Å². The van der Waals surface area contributed by atoms with Gasteiger partial charge in [0.25, 0.3) is 0 Å². The molecule has 0 fully saturated rings. The first-order valence-electron chi connectivity index (χ1n) is 4.54. The molecule has 0 atom stereocenters. The molecule has 0 radical (unpaired) electrons. The van der Waals surface area contributed by atoms with Gasteiger partial charge < -0.3 is 4.57 Å². The van der Waals surface area contributed by atoms with Crippen molar-refractivity contribution in [2.24, 2.45) is 7.05 Å².